The maximum atomic E-state index is 11.9. The second kappa shape index (κ2) is 6.87. The van der Waals surface area contributed by atoms with Crippen LogP contribution < -0.4 is 10.1 Å². The maximum absolute atomic E-state index is 11.9. The Morgan fingerprint density at radius 1 is 1.28 bits per heavy atom. The summed E-state index contributed by atoms with van der Waals surface area (Å²) in [5.41, 5.74) is 0.731. The Hall–Kier alpha value is -1.74. The first-order valence-electron chi connectivity index (χ1n) is 5.38. The van der Waals surface area contributed by atoms with Gasteiger partial charge in [-0.2, -0.15) is 18.4 Å². The fourth-order valence-corrected chi connectivity index (χ4v) is 1.35. The van der Waals surface area contributed by atoms with Crippen molar-refractivity contribution in [2.75, 3.05) is 13.2 Å². The monoisotopic (exact) mass is 258 g/mol. The molecule has 3 nitrogen and oxygen atoms in total. The van der Waals surface area contributed by atoms with Gasteiger partial charge in [-0.05, 0) is 6.07 Å². The first-order chi connectivity index (χ1) is 8.53. The first kappa shape index (κ1) is 14.3. The third-order valence-electron chi connectivity index (χ3n) is 2.17. The second-order valence-electron chi connectivity index (χ2n) is 3.60. The molecule has 0 aliphatic heterocycles. The summed E-state index contributed by atoms with van der Waals surface area (Å²) in [5.74, 6) is 0.513. The van der Waals surface area contributed by atoms with Crippen LogP contribution in [0.15, 0.2) is 24.3 Å². The van der Waals surface area contributed by atoms with Crippen molar-refractivity contribution in [3.63, 3.8) is 0 Å². The number of ether oxygens (including phenoxy) is 1. The molecule has 0 saturated heterocycles. The van der Waals surface area contributed by atoms with E-state index in [1.165, 1.54) is 0 Å². The largest absolute Gasteiger partial charge is 0.478 e. The van der Waals surface area contributed by atoms with Gasteiger partial charge in [0.15, 0.2) is 6.61 Å². The first-order valence-corrected chi connectivity index (χ1v) is 5.38. The topological polar surface area (TPSA) is 45.0 Å². The Balaban J connectivity index is 2.44. The zero-order chi connectivity index (χ0) is 13.4. The number of hydrogen-bond donors (Lipinski definition) is 1. The quantitative estimate of drug-likeness (QED) is 0.798. The molecule has 0 aliphatic carbocycles. The van der Waals surface area contributed by atoms with E-state index in [1.807, 2.05) is 6.07 Å². The minimum atomic E-state index is -4.15. The van der Waals surface area contributed by atoms with Crippen molar-refractivity contribution in [1.29, 1.82) is 5.26 Å². The van der Waals surface area contributed by atoms with Crippen LogP contribution in [-0.2, 0) is 6.54 Å². The average Bonchev–Trinajstić information content (AvgIpc) is 2.32. The SMILES string of the molecule is N#CCOc1ccccc1CNCCC(F)(F)F. The van der Waals surface area contributed by atoms with Crippen molar-refractivity contribution in [3.8, 4) is 11.8 Å². The van der Waals surface area contributed by atoms with E-state index in [4.69, 9.17) is 10.00 Å². The molecule has 18 heavy (non-hydrogen) atoms. The Morgan fingerprint density at radius 2 is 2.00 bits per heavy atom. The third kappa shape index (κ3) is 5.55. The number of nitrogens with zero attached hydrogens (tertiary/aromatic N) is 1. The highest BCUT2D eigenvalue weighted by molar-refractivity contribution is 5.33. The van der Waals surface area contributed by atoms with E-state index in [0.717, 1.165) is 5.56 Å². The molecule has 0 bridgehead atoms. The van der Waals surface area contributed by atoms with Crippen LogP contribution in [0.1, 0.15) is 12.0 Å². The summed E-state index contributed by atoms with van der Waals surface area (Å²) >= 11 is 0. The van der Waals surface area contributed by atoms with Crippen LogP contribution in [0.3, 0.4) is 0 Å². The van der Waals surface area contributed by atoms with Gasteiger partial charge in [-0.1, -0.05) is 18.2 Å². The van der Waals surface area contributed by atoms with Crippen LogP contribution in [0.2, 0.25) is 0 Å². The van der Waals surface area contributed by atoms with Crippen molar-refractivity contribution >= 4 is 0 Å². The Bertz CT molecular complexity index is 413. The summed E-state index contributed by atoms with van der Waals surface area (Å²) in [6, 6.07) is 8.77. The fraction of sp³-hybridized carbons (Fsp3) is 0.417. The molecule has 0 amide bonds. The van der Waals surface area contributed by atoms with E-state index < -0.39 is 12.6 Å². The van der Waals surface area contributed by atoms with Crippen molar-refractivity contribution in [3.05, 3.63) is 29.8 Å². The Morgan fingerprint density at radius 3 is 2.67 bits per heavy atom. The molecule has 0 aromatic heterocycles. The molecular formula is C12H13F3N2O. The smallest absolute Gasteiger partial charge is 0.390 e. The highest BCUT2D eigenvalue weighted by atomic mass is 19.4. The van der Waals surface area contributed by atoms with Gasteiger partial charge in [-0.15, -0.1) is 0 Å². The molecule has 0 spiro atoms. The third-order valence-corrected chi connectivity index (χ3v) is 2.17. The van der Waals surface area contributed by atoms with Crippen LogP contribution in [0.25, 0.3) is 0 Å². The number of para-hydroxylation sites is 1. The molecule has 1 aromatic carbocycles. The highest BCUT2D eigenvalue weighted by Gasteiger charge is 2.25. The number of benzene rings is 1. The molecular weight excluding hydrogens is 245 g/mol. The number of halogens is 3. The minimum Gasteiger partial charge on any atom is -0.478 e. The lowest BCUT2D eigenvalue weighted by Crippen LogP contribution is -2.21. The van der Waals surface area contributed by atoms with Gasteiger partial charge in [0.1, 0.15) is 11.8 Å². The lowest BCUT2D eigenvalue weighted by atomic mass is 10.2. The van der Waals surface area contributed by atoms with Gasteiger partial charge in [-0.3, -0.25) is 0 Å². The molecule has 1 N–H and O–H groups in total. The summed E-state index contributed by atoms with van der Waals surface area (Å²) < 4.78 is 40.9. The predicted octanol–water partition coefficient (Wildman–Crippen LogP) is 2.63. The molecule has 0 fully saturated rings. The lowest BCUT2D eigenvalue weighted by Gasteiger charge is -2.11. The molecule has 0 unspecified atom stereocenters. The van der Waals surface area contributed by atoms with Crippen molar-refractivity contribution in [2.45, 2.75) is 19.1 Å². The highest BCUT2D eigenvalue weighted by Crippen LogP contribution is 2.19. The molecule has 98 valence electrons. The van der Waals surface area contributed by atoms with Crippen LogP contribution in [0.5, 0.6) is 5.75 Å². The Labute approximate surface area is 103 Å². The minimum absolute atomic E-state index is 0.0838. The van der Waals surface area contributed by atoms with Crippen LogP contribution in [-0.4, -0.2) is 19.3 Å². The van der Waals surface area contributed by atoms with E-state index in [0.29, 0.717) is 5.75 Å². The van der Waals surface area contributed by atoms with E-state index in [1.54, 1.807) is 24.3 Å². The summed E-state index contributed by atoms with van der Waals surface area (Å²) in [6.45, 7) is 0.0489. The van der Waals surface area contributed by atoms with Gasteiger partial charge < -0.3 is 10.1 Å². The molecule has 0 heterocycles. The standard InChI is InChI=1S/C12H13F3N2O/c13-12(14,15)5-7-17-9-10-3-1-2-4-11(10)18-8-6-16/h1-4,17H,5,7-9H2. The predicted molar refractivity (Wildman–Crippen MR) is 59.9 cm³/mol. The Kier molecular flexibility index (Phi) is 5.46. The van der Waals surface area contributed by atoms with Crippen molar-refractivity contribution in [2.24, 2.45) is 0 Å². The van der Waals surface area contributed by atoms with E-state index in [9.17, 15) is 13.2 Å². The second-order valence-corrected chi connectivity index (χ2v) is 3.60. The number of hydrogen-bond acceptors (Lipinski definition) is 3. The molecule has 1 rings (SSSR count). The van der Waals surface area contributed by atoms with Crippen molar-refractivity contribution in [1.82, 2.24) is 5.32 Å². The molecule has 0 radical (unpaired) electrons. The summed E-state index contributed by atoms with van der Waals surface area (Å²) in [6.07, 6.45) is -5.02. The molecule has 0 saturated carbocycles. The van der Waals surface area contributed by atoms with E-state index >= 15 is 0 Å². The van der Waals surface area contributed by atoms with Crippen molar-refractivity contribution < 1.29 is 17.9 Å². The van der Waals surface area contributed by atoms with Gasteiger partial charge in [-0.25, -0.2) is 0 Å². The van der Waals surface area contributed by atoms with E-state index in [-0.39, 0.29) is 19.7 Å². The summed E-state index contributed by atoms with van der Waals surface area (Å²) in [5, 5.41) is 11.1. The lowest BCUT2D eigenvalue weighted by molar-refractivity contribution is -0.133. The molecule has 1 aromatic rings. The maximum Gasteiger partial charge on any atom is 0.390 e. The van der Waals surface area contributed by atoms with Gasteiger partial charge in [0.05, 0.1) is 6.42 Å². The van der Waals surface area contributed by atoms with Crippen LogP contribution in [0.4, 0.5) is 13.2 Å². The number of nitriles is 1. The zero-order valence-corrected chi connectivity index (χ0v) is 9.63. The van der Waals surface area contributed by atoms with E-state index in [2.05, 4.69) is 5.32 Å². The van der Waals surface area contributed by atoms with Gasteiger partial charge in [0.25, 0.3) is 0 Å². The van der Waals surface area contributed by atoms with Crippen LogP contribution >= 0.6 is 0 Å². The summed E-state index contributed by atoms with van der Waals surface area (Å²) in [7, 11) is 0. The number of nitrogens with one attached hydrogen (secondary N) is 1. The molecule has 0 atom stereocenters. The summed E-state index contributed by atoms with van der Waals surface area (Å²) in [4.78, 5) is 0. The number of rotatable bonds is 6. The van der Waals surface area contributed by atoms with Gasteiger partial charge in [0.2, 0.25) is 0 Å². The molecule has 6 heteroatoms. The molecule has 0 aliphatic rings. The number of alkyl halides is 3. The van der Waals surface area contributed by atoms with Gasteiger partial charge >= 0.3 is 6.18 Å². The van der Waals surface area contributed by atoms with Crippen LogP contribution in [0, 0.1) is 11.3 Å². The average molecular weight is 258 g/mol. The normalized spacial score (nSPS) is 11.0. The fourth-order valence-electron chi connectivity index (χ4n) is 1.35. The zero-order valence-electron chi connectivity index (χ0n) is 9.63. The van der Waals surface area contributed by atoms with Gasteiger partial charge in [0, 0.05) is 18.7 Å².